The molecule has 0 saturated heterocycles. The molecule has 3 N–H and O–H groups in total. The molecule has 0 aliphatic rings. The van der Waals surface area contributed by atoms with Gasteiger partial charge < -0.3 is 13.7 Å². The molecule has 6 aromatic rings. The molecule has 0 unspecified atom stereocenters. The Morgan fingerprint density at radius 1 is 0.391 bits per heavy atom. The third kappa shape index (κ3) is 9.59. The maximum Gasteiger partial charge on any atom is 0.315 e. The predicted octanol–water partition coefficient (Wildman–Crippen LogP) is 5.54. The fraction of sp³-hybridized carbons (Fsp3) is 0. The Balaban J connectivity index is 0.000000215. The molecule has 6 aromatic carbocycles. The Bertz CT molecular complexity index is 1620. The standard InChI is InChI=1S/2C18H15OP.Fe.H2O4S/c2*19-20(16-10-4-1-5-11-16,17-12-6-2-7-13-17)18-14-8-3-9-15-18;;1-5(2,3)4/h2*1-15H;;(H2,1,2,3,4)/p+1. The first kappa shape index (κ1) is 36.6. The summed E-state index contributed by atoms with van der Waals surface area (Å²) in [5, 5.41) is 5.90. The number of hydrogen-bond donors (Lipinski definition) is 1. The monoisotopic (exact) mass is 711 g/mol. The van der Waals surface area contributed by atoms with Gasteiger partial charge in [-0.1, -0.05) is 109 Å². The van der Waals surface area contributed by atoms with Gasteiger partial charge in [0.2, 0.25) is 10.4 Å². The molecule has 10 heteroatoms. The van der Waals surface area contributed by atoms with Crippen molar-refractivity contribution in [2.75, 3.05) is 0 Å². The molecular formula is C36H33FeO6P2S+. The molecule has 46 heavy (non-hydrogen) atoms. The van der Waals surface area contributed by atoms with E-state index in [-0.39, 0.29) is 17.1 Å². The summed E-state index contributed by atoms with van der Waals surface area (Å²) in [5.41, 5.74) is 0. The van der Waals surface area contributed by atoms with Crippen molar-refractivity contribution in [1.29, 1.82) is 0 Å². The van der Waals surface area contributed by atoms with Crippen molar-refractivity contribution in [2.24, 2.45) is 0 Å². The zero-order valence-corrected chi connectivity index (χ0v) is 28.3. The Hall–Kier alpha value is -3.83. The molecule has 0 aliphatic heterocycles. The quantitative estimate of drug-likeness (QED) is 0.0803. The van der Waals surface area contributed by atoms with Gasteiger partial charge in [-0.3, -0.25) is 4.55 Å². The van der Waals surface area contributed by atoms with Crippen LogP contribution in [0.2, 0.25) is 0 Å². The van der Waals surface area contributed by atoms with E-state index in [9.17, 15) is 9.13 Å². The molecular weight excluding hydrogens is 678 g/mol. The first-order valence-corrected chi connectivity index (χ1v) is 18.7. The van der Waals surface area contributed by atoms with Gasteiger partial charge in [-0.25, -0.2) is 8.42 Å². The Morgan fingerprint density at radius 3 is 0.609 bits per heavy atom. The van der Waals surface area contributed by atoms with Crippen LogP contribution in [0.5, 0.6) is 0 Å². The fourth-order valence-corrected chi connectivity index (χ4v) is 10.2. The van der Waals surface area contributed by atoms with Gasteiger partial charge >= 0.3 is 14.3 Å². The van der Waals surface area contributed by atoms with E-state index in [0.29, 0.717) is 0 Å². The second-order valence-electron chi connectivity index (χ2n) is 9.71. The summed E-state index contributed by atoms with van der Waals surface area (Å²) in [6.07, 6.45) is 0. The summed E-state index contributed by atoms with van der Waals surface area (Å²) in [6, 6.07) is 59.7. The van der Waals surface area contributed by atoms with Gasteiger partial charge in [0, 0.05) is 17.1 Å². The minimum atomic E-state index is -4.92. The van der Waals surface area contributed by atoms with Crippen LogP contribution in [-0.2, 0) is 27.5 Å². The van der Waals surface area contributed by atoms with E-state index in [1.807, 2.05) is 182 Å². The average Bonchev–Trinajstić information content (AvgIpc) is 3.09. The van der Waals surface area contributed by atoms with Gasteiger partial charge in [-0.2, -0.15) is 0 Å². The van der Waals surface area contributed by atoms with Crippen LogP contribution in [0, 0.1) is 0 Å². The van der Waals surface area contributed by atoms with Gasteiger partial charge in [0.25, 0.3) is 0 Å². The van der Waals surface area contributed by atoms with Crippen molar-refractivity contribution in [1.82, 2.24) is 0 Å². The third-order valence-electron chi connectivity index (χ3n) is 6.78. The molecule has 0 saturated carbocycles. The smallest absolute Gasteiger partial charge is 0.315 e. The average molecular weight is 712 g/mol. The maximum atomic E-state index is 11.5. The van der Waals surface area contributed by atoms with Gasteiger partial charge in [-0.05, 0) is 72.8 Å². The van der Waals surface area contributed by atoms with Crippen LogP contribution < -0.4 is 31.8 Å². The molecule has 6 nitrogen and oxygen atoms in total. The molecule has 236 valence electrons. The van der Waals surface area contributed by atoms with Gasteiger partial charge in [0.05, 0.1) is 31.8 Å². The summed E-state index contributed by atoms with van der Waals surface area (Å²) < 4.78 is 55.9. The van der Waals surface area contributed by atoms with Crippen LogP contribution in [0.3, 0.4) is 0 Å². The van der Waals surface area contributed by atoms with Crippen molar-refractivity contribution in [3.63, 3.8) is 0 Å². The minimum Gasteiger partial charge on any atom is -0.726 e. The van der Waals surface area contributed by atoms with Crippen LogP contribution in [0.1, 0.15) is 0 Å². The molecule has 0 aromatic heterocycles. The molecule has 0 atom stereocenters. The van der Waals surface area contributed by atoms with Crippen LogP contribution >= 0.6 is 14.3 Å². The molecule has 6 rings (SSSR count). The third-order valence-corrected chi connectivity index (χ3v) is 13.1. The normalized spacial score (nSPS) is 11.0. The molecule has 0 bridgehead atoms. The van der Waals surface area contributed by atoms with Gasteiger partial charge in [0.15, 0.2) is 0 Å². The molecule has 0 radical (unpaired) electrons. The van der Waals surface area contributed by atoms with Crippen molar-refractivity contribution in [2.45, 2.75) is 0 Å². The molecule has 0 heterocycles. The van der Waals surface area contributed by atoms with E-state index < -0.39 is 24.7 Å². The molecule has 0 aliphatic carbocycles. The predicted molar refractivity (Wildman–Crippen MR) is 186 cm³/mol. The first-order chi connectivity index (χ1) is 21.6. The van der Waals surface area contributed by atoms with Crippen molar-refractivity contribution in [3.8, 4) is 0 Å². The van der Waals surface area contributed by atoms with Crippen molar-refractivity contribution >= 4 is 56.5 Å². The number of rotatable bonds is 6. The Labute approximate surface area is 281 Å². The largest absolute Gasteiger partial charge is 0.726 e. The SMILES string of the molecule is O=S(=O)([O-])O.[Fe].[OH+]=P(c1ccccc1)(c1ccccc1)c1ccccc1.[OH+]=P(c1ccccc1)(c1ccccc1)c1ccccc1. The summed E-state index contributed by atoms with van der Waals surface area (Å²) in [4.78, 5) is 0. The summed E-state index contributed by atoms with van der Waals surface area (Å²) >= 11 is 0. The number of hydrogen-bond acceptors (Lipinski definition) is 3. The Kier molecular flexibility index (Phi) is 13.7. The molecule has 0 amide bonds. The minimum absolute atomic E-state index is 0. The molecule has 0 fully saturated rings. The topological polar surface area (TPSA) is 120 Å². The first-order valence-electron chi connectivity index (χ1n) is 13.9. The van der Waals surface area contributed by atoms with E-state index in [0.717, 1.165) is 31.8 Å². The van der Waals surface area contributed by atoms with Crippen LogP contribution in [0.25, 0.3) is 0 Å². The van der Waals surface area contributed by atoms with Crippen LogP contribution in [0.4, 0.5) is 0 Å². The zero-order chi connectivity index (χ0) is 32.2. The van der Waals surface area contributed by atoms with Crippen molar-refractivity contribution in [3.05, 3.63) is 182 Å². The maximum absolute atomic E-state index is 11.5. The van der Waals surface area contributed by atoms with E-state index in [2.05, 4.69) is 0 Å². The Morgan fingerprint density at radius 2 is 0.500 bits per heavy atom. The zero-order valence-electron chi connectivity index (χ0n) is 24.5. The summed E-state index contributed by atoms with van der Waals surface area (Å²) in [5.74, 6) is 0. The van der Waals surface area contributed by atoms with Crippen molar-refractivity contribution < 1.29 is 43.7 Å². The van der Waals surface area contributed by atoms with Crippen LogP contribution in [0.15, 0.2) is 182 Å². The second-order valence-corrected chi connectivity index (χ2v) is 16.2. The number of benzene rings is 6. The van der Waals surface area contributed by atoms with E-state index in [1.165, 1.54) is 0 Å². The van der Waals surface area contributed by atoms with E-state index in [4.69, 9.17) is 17.5 Å². The van der Waals surface area contributed by atoms with E-state index >= 15 is 0 Å². The molecule has 0 spiro atoms. The van der Waals surface area contributed by atoms with E-state index in [1.54, 1.807) is 0 Å². The van der Waals surface area contributed by atoms with Crippen LogP contribution in [-0.4, -0.2) is 26.7 Å². The van der Waals surface area contributed by atoms with Gasteiger partial charge in [0.1, 0.15) is 0 Å². The second kappa shape index (κ2) is 17.2. The summed E-state index contributed by atoms with van der Waals surface area (Å²) in [6.45, 7) is 0. The summed E-state index contributed by atoms with van der Waals surface area (Å²) in [7, 11) is -9.97. The fourth-order valence-electron chi connectivity index (χ4n) is 4.76. The van der Waals surface area contributed by atoms with Gasteiger partial charge in [-0.15, -0.1) is 0 Å².